The van der Waals surface area contributed by atoms with Crippen LogP contribution < -0.4 is 11.1 Å². The second-order valence-corrected chi connectivity index (χ2v) is 4.96. The van der Waals surface area contributed by atoms with Gasteiger partial charge in [0.25, 0.3) is 5.69 Å². The van der Waals surface area contributed by atoms with Gasteiger partial charge in [-0.3, -0.25) is 10.1 Å². The molecule has 1 aromatic carbocycles. The number of aryl methyl sites for hydroxylation is 1. The van der Waals surface area contributed by atoms with E-state index in [0.717, 1.165) is 18.5 Å². The van der Waals surface area contributed by atoms with E-state index < -0.39 is 0 Å². The molecule has 0 spiro atoms. The molecule has 0 amide bonds. The third-order valence-electron chi connectivity index (χ3n) is 3.58. The van der Waals surface area contributed by atoms with Crippen molar-refractivity contribution in [2.45, 2.75) is 44.7 Å². The molecule has 0 heterocycles. The Bertz CT molecular complexity index is 448. The maximum atomic E-state index is 10.9. The number of nitrogens with two attached hydrogens (primary N) is 1. The van der Waals surface area contributed by atoms with Crippen LogP contribution in [0.15, 0.2) is 18.2 Å². The van der Waals surface area contributed by atoms with E-state index >= 15 is 0 Å². The smallest absolute Gasteiger partial charge is 0.274 e. The molecule has 0 aromatic heterocycles. The lowest BCUT2D eigenvalue weighted by Gasteiger charge is -2.30. The highest BCUT2D eigenvalue weighted by Gasteiger charge is 2.22. The fourth-order valence-electron chi connectivity index (χ4n) is 2.45. The van der Waals surface area contributed by atoms with Crippen molar-refractivity contribution >= 4 is 11.4 Å². The molecular weight excluding hydrogens is 230 g/mol. The minimum Gasteiger partial charge on any atom is -0.381 e. The van der Waals surface area contributed by atoms with Crippen molar-refractivity contribution in [3.05, 3.63) is 33.9 Å². The normalized spacial score (nSPS) is 23.7. The molecule has 0 saturated heterocycles. The van der Waals surface area contributed by atoms with Gasteiger partial charge in [0.15, 0.2) is 0 Å². The van der Waals surface area contributed by atoms with Gasteiger partial charge in [-0.25, -0.2) is 0 Å². The molecule has 0 radical (unpaired) electrons. The average molecular weight is 249 g/mol. The number of rotatable bonds is 3. The molecule has 2 atom stereocenters. The highest BCUT2D eigenvalue weighted by molar-refractivity contribution is 5.55. The molecule has 5 heteroatoms. The topological polar surface area (TPSA) is 81.2 Å². The van der Waals surface area contributed by atoms with Crippen molar-refractivity contribution in [1.29, 1.82) is 0 Å². The molecule has 1 aliphatic rings. The van der Waals surface area contributed by atoms with Crippen molar-refractivity contribution < 1.29 is 4.92 Å². The number of nitrogens with one attached hydrogen (secondary N) is 1. The van der Waals surface area contributed by atoms with Gasteiger partial charge in [0.05, 0.1) is 4.92 Å². The Morgan fingerprint density at radius 1 is 1.39 bits per heavy atom. The van der Waals surface area contributed by atoms with Gasteiger partial charge >= 0.3 is 0 Å². The lowest BCUT2D eigenvalue weighted by Crippen LogP contribution is -2.42. The quantitative estimate of drug-likeness (QED) is 0.637. The number of hydrogen-bond donors (Lipinski definition) is 2. The number of nitro groups is 1. The van der Waals surface area contributed by atoms with Gasteiger partial charge in [-0.15, -0.1) is 0 Å². The molecule has 1 fully saturated rings. The predicted molar refractivity (Wildman–Crippen MR) is 71.7 cm³/mol. The fourth-order valence-corrected chi connectivity index (χ4v) is 2.45. The van der Waals surface area contributed by atoms with Crippen LogP contribution in [0.3, 0.4) is 0 Å². The van der Waals surface area contributed by atoms with E-state index in [9.17, 15) is 10.1 Å². The minimum atomic E-state index is -0.346. The first-order valence-corrected chi connectivity index (χ1v) is 6.35. The van der Waals surface area contributed by atoms with E-state index in [1.54, 1.807) is 19.1 Å². The molecule has 0 aliphatic heterocycles. The Morgan fingerprint density at radius 3 is 2.78 bits per heavy atom. The van der Waals surface area contributed by atoms with Crippen LogP contribution in [-0.4, -0.2) is 17.0 Å². The third kappa shape index (κ3) is 2.79. The summed E-state index contributed by atoms with van der Waals surface area (Å²) in [4.78, 5) is 10.5. The molecule has 1 aromatic rings. The van der Waals surface area contributed by atoms with Crippen molar-refractivity contribution in [2.75, 3.05) is 5.32 Å². The van der Waals surface area contributed by atoms with E-state index in [2.05, 4.69) is 5.32 Å². The molecule has 5 nitrogen and oxygen atoms in total. The highest BCUT2D eigenvalue weighted by atomic mass is 16.6. The van der Waals surface area contributed by atoms with E-state index in [1.165, 1.54) is 12.8 Å². The number of hydrogen-bond acceptors (Lipinski definition) is 4. The first kappa shape index (κ1) is 12.8. The van der Waals surface area contributed by atoms with Gasteiger partial charge < -0.3 is 11.1 Å². The van der Waals surface area contributed by atoms with Gasteiger partial charge in [0, 0.05) is 29.4 Å². The maximum Gasteiger partial charge on any atom is 0.274 e. The Balaban J connectivity index is 2.14. The molecular formula is C13H19N3O2. The Labute approximate surface area is 107 Å². The summed E-state index contributed by atoms with van der Waals surface area (Å²) in [5.41, 5.74) is 7.68. The van der Waals surface area contributed by atoms with Crippen LogP contribution in [0.25, 0.3) is 0 Å². The molecule has 1 aliphatic carbocycles. The molecule has 18 heavy (non-hydrogen) atoms. The maximum absolute atomic E-state index is 10.9. The molecule has 2 unspecified atom stereocenters. The second kappa shape index (κ2) is 5.35. The van der Waals surface area contributed by atoms with E-state index in [4.69, 9.17) is 5.73 Å². The Morgan fingerprint density at radius 2 is 2.11 bits per heavy atom. The van der Waals surface area contributed by atoms with Crippen molar-refractivity contribution in [2.24, 2.45) is 5.73 Å². The zero-order valence-corrected chi connectivity index (χ0v) is 10.6. The largest absolute Gasteiger partial charge is 0.381 e. The minimum absolute atomic E-state index is 0.138. The van der Waals surface area contributed by atoms with Crippen LogP contribution in [-0.2, 0) is 0 Å². The number of nitrogens with zero attached hydrogens (tertiary/aromatic N) is 1. The van der Waals surface area contributed by atoms with E-state index in [1.807, 2.05) is 6.07 Å². The molecule has 3 N–H and O–H groups in total. The molecule has 2 rings (SSSR count). The first-order chi connectivity index (χ1) is 8.58. The standard InChI is InChI=1S/C13H19N3O2/c1-9-6-7-10(8-13(9)16(17)18)15-12-5-3-2-4-11(12)14/h6-8,11-12,15H,2-5,14H2,1H3. The number of benzene rings is 1. The lowest BCUT2D eigenvalue weighted by atomic mass is 9.91. The van der Waals surface area contributed by atoms with Gasteiger partial charge in [0.1, 0.15) is 0 Å². The van der Waals surface area contributed by atoms with Gasteiger partial charge in [-0.05, 0) is 25.8 Å². The van der Waals surface area contributed by atoms with Crippen molar-refractivity contribution in [3.8, 4) is 0 Å². The van der Waals surface area contributed by atoms with Crippen LogP contribution in [0.2, 0.25) is 0 Å². The third-order valence-corrected chi connectivity index (χ3v) is 3.58. The first-order valence-electron chi connectivity index (χ1n) is 6.35. The summed E-state index contributed by atoms with van der Waals surface area (Å²) < 4.78 is 0. The highest BCUT2D eigenvalue weighted by Crippen LogP contribution is 2.25. The van der Waals surface area contributed by atoms with Crippen molar-refractivity contribution in [3.63, 3.8) is 0 Å². The van der Waals surface area contributed by atoms with E-state index in [-0.39, 0.29) is 22.7 Å². The monoisotopic (exact) mass is 249 g/mol. The summed E-state index contributed by atoms with van der Waals surface area (Å²) in [7, 11) is 0. The van der Waals surface area contributed by atoms with Crippen LogP contribution in [0, 0.1) is 17.0 Å². The zero-order valence-electron chi connectivity index (χ0n) is 10.6. The summed E-state index contributed by atoms with van der Waals surface area (Å²) in [5.74, 6) is 0. The van der Waals surface area contributed by atoms with Gasteiger partial charge in [0.2, 0.25) is 0 Å². The number of nitro benzene ring substituents is 1. The summed E-state index contributed by atoms with van der Waals surface area (Å²) >= 11 is 0. The lowest BCUT2D eigenvalue weighted by molar-refractivity contribution is -0.385. The summed E-state index contributed by atoms with van der Waals surface area (Å²) in [6, 6.07) is 5.61. The predicted octanol–water partition coefficient (Wildman–Crippen LogP) is 2.59. The second-order valence-electron chi connectivity index (χ2n) is 4.96. The molecule has 1 saturated carbocycles. The summed E-state index contributed by atoms with van der Waals surface area (Å²) in [6.07, 6.45) is 4.39. The van der Waals surface area contributed by atoms with Crippen LogP contribution >= 0.6 is 0 Å². The van der Waals surface area contributed by atoms with Gasteiger partial charge in [-0.1, -0.05) is 18.9 Å². The van der Waals surface area contributed by atoms with Crippen LogP contribution in [0.5, 0.6) is 0 Å². The summed E-state index contributed by atoms with van der Waals surface area (Å²) in [5, 5.41) is 14.2. The van der Waals surface area contributed by atoms with Crippen LogP contribution in [0.1, 0.15) is 31.2 Å². The van der Waals surface area contributed by atoms with E-state index in [0.29, 0.717) is 5.56 Å². The SMILES string of the molecule is Cc1ccc(NC2CCCCC2N)cc1[N+](=O)[O-]. The Hall–Kier alpha value is -1.62. The average Bonchev–Trinajstić information content (AvgIpc) is 2.34. The van der Waals surface area contributed by atoms with Crippen LogP contribution in [0.4, 0.5) is 11.4 Å². The molecule has 0 bridgehead atoms. The zero-order chi connectivity index (χ0) is 13.1. The fraction of sp³-hybridized carbons (Fsp3) is 0.538. The number of anilines is 1. The molecule has 98 valence electrons. The van der Waals surface area contributed by atoms with Crippen molar-refractivity contribution in [1.82, 2.24) is 0 Å². The Kier molecular flexibility index (Phi) is 3.81. The summed E-state index contributed by atoms with van der Waals surface area (Å²) in [6.45, 7) is 1.74. The van der Waals surface area contributed by atoms with Gasteiger partial charge in [-0.2, -0.15) is 0 Å².